The van der Waals surface area contributed by atoms with Crippen molar-refractivity contribution in [3.63, 3.8) is 0 Å². The van der Waals surface area contributed by atoms with Gasteiger partial charge in [-0.15, -0.1) is 0 Å². The summed E-state index contributed by atoms with van der Waals surface area (Å²) in [4.78, 5) is 12.2. The molecule has 0 aliphatic heterocycles. The number of nitrogens with zero attached hydrogens (tertiary/aromatic N) is 2. The van der Waals surface area contributed by atoms with Gasteiger partial charge in [0.25, 0.3) is 5.91 Å². The zero-order valence-corrected chi connectivity index (χ0v) is 14.8. The third-order valence-electron chi connectivity index (χ3n) is 3.70. The average molecular weight is 374 g/mol. The van der Waals surface area contributed by atoms with E-state index >= 15 is 0 Å². The molecule has 7 heteroatoms. The Labute approximate surface area is 161 Å². The summed E-state index contributed by atoms with van der Waals surface area (Å²) in [6, 6.07) is 19.9. The molecule has 3 aromatic rings. The molecule has 0 saturated heterocycles. The van der Waals surface area contributed by atoms with Gasteiger partial charge < -0.3 is 10.2 Å². The van der Waals surface area contributed by atoms with Gasteiger partial charge in [0.2, 0.25) is 0 Å². The second-order valence-corrected chi connectivity index (χ2v) is 5.83. The van der Waals surface area contributed by atoms with Crippen LogP contribution in [0.25, 0.3) is 0 Å². The number of hydrazone groups is 2. The van der Waals surface area contributed by atoms with Crippen LogP contribution in [0.5, 0.6) is 11.5 Å². The van der Waals surface area contributed by atoms with E-state index in [1.54, 1.807) is 66.9 Å². The number of hydrogen-bond donors (Lipinski definition) is 4. The van der Waals surface area contributed by atoms with Crippen molar-refractivity contribution < 1.29 is 15.0 Å². The van der Waals surface area contributed by atoms with Gasteiger partial charge in [-0.1, -0.05) is 6.07 Å². The highest BCUT2D eigenvalue weighted by atomic mass is 16.3. The number of nitrogens with one attached hydrogen (secondary N) is 2. The van der Waals surface area contributed by atoms with Crippen molar-refractivity contribution in [2.75, 3.05) is 5.43 Å². The molecule has 0 fully saturated rings. The molecule has 3 rings (SSSR count). The van der Waals surface area contributed by atoms with Crippen molar-refractivity contribution in [1.82, 2.24) is 5.43 Å². The maximum absolute atomic E-state index is 12.2. The highest BCUT2D eigenvalue weighted by Gasteiger charge is 2.04. The molecule has 0 heterocycles. The number of carbonyl (C=O) groups is 1. The molecule has 4 N–H and O–H groups in total. The normalized spacial score (nSPS) is 11.0. The smallest absolute Gasteiger partial charge is 0.271 e. The summed E-state index contributed by atoms with van der Waals surface area (Å²) in [7, 11) is 0. The van der Waals surface area contributed by atoms with Crippen LogP contribution in [0.2, 0.25) is 0 Å². The summed E-state index contributed by atoms with van der Waals surface area (Å²) >= 11 is 0. The molecule has 0 spiro atoms. The van der Waals surface area contributed by atoms with Crippen molar-refractivity contribution >= 4 is 24.0 Å². The molecule has 28 heavy (non-hydrogen) atoms. The first-order valence-electron chi connectivity index (χ1n) is 8.41. The Morgan fingerprint density at radius 3 is 1.96 bits per heavy atom. The Kier molecular flexibility index (Phi) is 5.99. The van der Waals surface area contributed by atoms with E-state index in [9.17, 15) is 15.0 Å². The summed E-state index contributed by atoms with van der Waals surface area (Å²) < 4.78 is 0. The van der Waals surface area contributed by atoms with Crippen molar-refractivity contribution in [2.24, 2.45) is 10.2 Å². The number of phenols is 2. The standard InChI is InChI=1S/C21H18N4O3/c26-19-8-4-15(5-9-19)13-22-24-18-3-1-2-17(12-18)21(28)25-23-14-16-6-10-20(27)11-7-16/h1-14,24,26-27H,(H,25,28)/b22-13+,23-14+. The van der Waals surface area contributed by atoms with E-state index in [0.29, 0.717) is 11.3 Å². The van der Waals surface area contributed by atoms with Crippen LogP contribution >= 0.6 is 0 Å². The van der Waals surface area contributed by atoms with Gasteiger partial charge in [0.1, 0.15) is 11.5 Å². The lowest BCUT2D eigenvalue weighted by atomic mass is 10.2. The van der Waals surface area contributed by atoms with Crippen molar-refractivity contribution in [2.45, 2.75) is 0 Å². The number of anilines is 1. The highest BCUT2D eigenvalue weighted by molar-refractivity contribution is 5.95. The summed E-state index contributed by atoms with van der Waals surface area (Å²) in [6.45, 7) is 0. The van der Waals surface area contributed by atoms with Crippen LogP contribution in [0.15, 0.2) is 83.0 Å². The quantitative estimate of drug-likeness (QED) is 0.392. The second-order valence-electron chi connectivity index (χ2n) is 5.83. The summed E-state index contributed by atoms with van der Waals surface area (Å²) in [6.07, 6.45) is 3.09. The Morgan fingerprint density at radius 2 is 1.36 bits per heavy atom. The molecule has 0 unspecified atom stereocenters. The van der Waals surface area contributed by atoms with E-state index in [0.717, 1.165) is 11.1 Å². The minimum atomic E-state index is -0.360. The van der Waals surface area contributed by atoms with Crippen molar-refractivity contribution in [3.05, 3.63) is 89.5 Å². The van der Waals surface area contributed by atoms with Crippen LogP contribution in [0.4, 0.5) is 5.69 Å². The van der Waals surface area contributed by atoms with Crippen LogP contribution in [0.1, 0.15) is 21.5 Å². The van der Waals surface area contributed by atoms with Gasteiger partial charge >= 0.3 is 0 Å². The fourth-order valence-corrected chi connectivity index (χ4v) is 2.26. The van der Waals surface area contributed by atoms with Gasteiger partial charge in [0, 0.05) is 5.56 Å². The van der Waals surface area contributed by atoms with Crippen LogP contribution < -0.4 is 10.9 Å². The van der Waals surface area contributed by atoms with Crippen molar-refractivity contribution in [3.8, 4) is 11.5 Å². The third-order valence-corrected chi connectivity index (χ3v) is 3.70. The molecular weight excluding hydrogens is 356 g/mol. The highest BCUT2D eigenvalue weighted by Crippen LogP contribution is 2.12. The summed E-state index contributed by atoms with van der Waals surface area (Å²) in [5, 5.41) is 26.5. The van der Waals surface area contributed by atoms with Crippen LogP contribution in [-0.2, 0) is 0 Å². The molecular formula is C21H18N4O3. The number of hydrogen-bond acceptors (Lipinski definition) is 6. The summed E-state index contributed by atoms with van der Waals surface area (Å²) in [5.41, 5.74) is 7.95. The predicted octanol–water partition coefficient (Wildman–Crippen LogP) is 3.31. The van der Waals surface area contributed by atoms with Gasteiger partial charge in [0.15, 0.2) is 0 Å². The maximum Gasteiger partial charge on any atom is 0.271 e. The van der Waals surface area contributed by atoms with E-state index in [1.807, 2.05) is 0 Å². The average Bonchev–Trinajstić information content (AvgIpc) is 2.71. The second kappa shape index (κ2) is 9.00. The lowest BCUT2D eigenvalue weighted by Gasteiger charge is -2.04. The number of phenolic OH excluding ortho intramolecular Hbond substituents is 2. The first-order chi connectivity index (χ1) is 13.6. The fraction of sp³-hybridized carbons (Fsp3) is 0. The zero-order valence-electron chi connectivity index (χ0n) is 14.8. The number of aromatic hydroxyl groups is 2. The third kappa shape index (κ3) is 5.43. The molecule has 0 atom stereocenters. The molecule has 0 aromatic heterocycles. The molecule has 0 radical (unpaired) electrons. The van der Waals surface area contributed by atoms with E-state index in [4.69, 9.17) is 0 Å². The number of benzene rings is 3. The number of amides is 1. The first-order valence-corrected chi connectivity index (χ1v) is 8.41. The predicted molar refractivity (Wildman–Crippen MR) is 109 cm³/mol. The van der Waals surface area contributed by atoms with Gasteiger partial charge in [-0.3, -0.25) is 10.2 Å². The lowest BCUT2D eigenvalue weighted by Crippen LogP contribution is -2.17. The Hall–Kier alpha value is -4.13. The monoisotopic (exact) mass is 374 g/mol. The Balaban J connectivity index is 1.58. The molecule has 0 saturated carbocycles. The van der Waals surface area contributed by atoms with Crippen LogP contribution in [0, 0.1) is 0 Å². The van der Waals surface area contributed by atoms with Gasteiger partial charge in [-0.2, -0.15) is 10.2 Å². The lowest BCUT2D eigenvalue weighted by molar-refractivity contribution is 0.0955. The van der Waals surface area contributed by atoms with Crippen LogP contribution in [0.3, 0.4) is 0 Å². The maximum atomic E-state index is 12.2. The van der Waals surface area contributed by atoms with E-state index in [-0.39, 0.29) is 17.4 Å². The fourth-order valence-electron chi connectivity index (χ4n) is 2.26. The molecule has 7 nitrogen and oxygen atoms in total. The van der Waals surface area contributed by atoms with Gasteiger partial charge in [-0.05, 0) is 77.9 Å². The Bertz CT molecular complexity index is 997. The van der Waals surface area contributed by atoms with Gasteiger partial charge in [0.05, 0.1) is 18.1 Å². The first kappa shape index (κ1) is 18.7. The zero-order chi connectivity index (χ0) is 19.8. The Morgan fingerprint density at radius 1 is 0.786 bits per heavy atom. The number of rotatable bonds is 6. The minimum Gasteiger partial charge on any atom is -0.508 e. The molecule has 0 bridgehead atoms. The van der Waals surface area contributed by atoms with E-state index in [2.05, 4.69) is 21.1 Å². The molecule has 0 aliphatic carbocycles. The van der Waals surface area contributed by atoms with E-state index < -0.39 is 0 Å². The van der Waals surface area contributed by atoms with Gasteiger partial charge in [-0.25, -0.2) is 5.43 Å². The van der Waals surface area contributed by atoms with E-state index in [1.165, 1.54) is 18.3 Å². The largest absolute Gasteiger partial charge is 0.508 e. The molecule has 140 valence electrons. The topological polar surface area (TPSA) is 106 Å². The molecule has 0 aliphatic rings. The summed E-state index contributed by atoms with van der Waals surface area (Å²) in [5.74, 6) is -0.00310. The van der Waals surface area contributed by atoms with Crippen molar-refractivity contribution in [1.29, 1.82) is 0 Å². The number of carbonyl (C=O) groups excluding carboxylic acids is 1. The molecule has 1 amide bonds. The SMILES string of the molecule is O=C(N/N=C/c1ccc(O)cc1)c1cccc(N/N=C/c2ccc(O)cc2)c1. The minimum absolute atomic E-state index is 0.165. The van der Waals surface area contributed by atoms with Crippen LogP contribution in [-0.4, -0.2) is 28.5 Å². The molecule has 3 aromatic carbocycles.